The Bertz CT molecular complexity index is 353. The molecule has 2 N–H and O–H groups in total. The summed E-state index contributed by atoms with van der Waals surface area (Å²) in [6.45, 7) is 3.94. The van der Waals surface area contributed by atoms with Crippen LogP contribution in [0.1, 0.15) is 5.56 Å². The molecule has 0 aliphatic carbocycles. The topological polar surface area (TPSA) is 47.7 Å². The van der Waals surface area contributed by atoms with Crippen LogP contribution in [0.25, 0.3) is 0 Å². The second-order valence-corrected chi connectivity index (χ2v) is 4.52. The van der Waals surface area contributed by atoms with Gasteiger partial charge in [-0.25, -0.2) is 0 Å². The highest BCUT2D eigenvalue weighted by atomic mass is 35.5. The maximum atomic E-state index is 5.91. The molecule has 0 fully saturated rings. The lowest BCUT2D eigenvalue weighted by Gasteiger charge is -2.21. The Hall–Kier alpha value is -0.810. The van der Waals surface area contributed by atoms with Crippen molar-refractivity contribution in [3.8, 4) is 0 Å². The lowest BCUT2D eigenvalue weighted by molar-refractivity contribution is 0.110. The maximum Gasteiger partial charge on any atom is 0.0635 e. The van der Waals surface area contributed by atoms with E-state index in [1.54, 1.807) is 14.2 Å². The maximum absolute atomic E-state index is 5.91. The number of ether oxygens (including phenoxy) is 2. The molecule has 18 heavy (non-hydrogen) atoms. The summed E-state index contributed by atoms with van der Waals surface area (Å²) in [5, 5.41) is 0.596. The number of rotatable bonds is 8. The zero-order chi connectivity index (χ0) is 13.4. The van der Waals surface area contributed by atoms with Gasteiger partial charge in [-0.05, 0) is 17.7 Å². The predicted molar refractivity (Wildman–Crippen MR) is 74.9 cm³/mol. The number of nitrogens with zero attached hydrogens (tertiary/aromatic N) is 1. The molecule has 4 nitrogen and oxygen atoms in total. The average Bonchev–Trinajstić information content (AvgIpc) is 2.37. The SMILES string of the molecule is COCCN(CCOC)Cc1ccc(Cl)c(N)c1. The van der Waals surface area contributed by atoms with Gasteiger partial charge in [-0.1, -0.05) is 17.7 Å². The van der Waals surface area contributed by atoms with Gasteiger partial charge in [0.2, 0.25) is 0 Å². The van der Waals surface area contributed by atoms with Crippen molar-refractivity contribution in [2.75, 3.05) is 46.3 Å². The van der Waals surface area contributed by atoms with Crippen molar-refractivity contribution in [2.45, 2.75) is 6.54 Å². The van der Waals surface area contributed by atoms with Crippen LogP contribution in [0.5, 0.6) is 0 Å². The van der Waals surface area contributed by atoms with Crippen LogP contribution >= 0.6 is 11.6 Å². The summed E-state index contributed by atoms with van der Waals surface area (Å²) in [7, 11) is 3.41. The average molecular weight is 273 g/mol. The van der Waals surface area contributed by atoms with Gasteiger partial charge in [-0.3, -0.25) is 4.90 Å². The molecule has 0 unspecified atom stereocenters. The molecule has 1 aromatic rings. The predicted octanol–water partition coefficient (Wildman–Crippen LogP) is 2.02. The second-order valence-electron chi connectivity index (χ2n) is 4.12. The Balaban J connectivity index is 2.59. The van der Waals surface area contributed by atoms with Crippen LogP contribution in [0.15, 0.2) is 18.2 Å². The standard InChI is InChI=1S/C13H21ClN2O2/c1-17-7-5-16(6-8-18-2)10-11-3-4-12(14)13(15)9-11/h3-4,9H,5-8,10,15H2,1-2H3. The lowest BCUT2D eigenvalue weighted by Crippen LogP contribution is -2.30. The van der Waals surface area contributed by atoms with E-state index in [1.807, 2.05) is 18.2 Å². The van der Waals surface area contributed by atoms with Crippen molar-refractivity contribution in [2.24, 2.45) is 0 Å². The van der Waals surface area contributed by atoms with E-state index in [9.17, 15) is 0 Å². The summed E-state index contributed by atoms with van der Waals surface area (Å²) in [6, 6.07) is 5.73. The van der Waals surface area contributed by atoms with Gasteiger partial charge in [-0.2, -0.15) is 0 Å². The first-order chi connectivity index (χ1) is 8.67. The minimum atomic E-state index is 0.596. The Morgan fingerprint density at radius 3 is 2.28 bits per heavy atom. The molecule has 0 aromatic heterocycles. The summed E-state index contributed by atoms with van der Waals surface area (Å²) in [5.41, 5.74) is 7.56. The first-order valence-electron chi connectivity index (χ1n) is 5.91. The third kappa shape index (κ3) is 5.23. The van der Waals surface area contributed by atoms with Gasteiger partial charge in [0.25, 0.3) is 0 Å². The van der Waals surface area contributed by atoms with E-state index in [4.69, 9.17) is 26.8 Å². The van der Waals surface area contributed by atoms with Gasteiger partial charge in [-0.15, -0.1) is 0 Å². The minimum absolute atomic E-state index is 0.596. The normalized spacial score (nSPS) is 11.1. The second kappa shape index (κ2) is 8.32. The number of benzene rings is 1. The van der Waals surface area contributed by atoms with Crippen LogP contribution in [0.3, 0.4) is 0 Å². The molecule has 0 aliphatic heterocycles. The molecule has 1 rings (SSSR count). The lowest BCUT2D eigenvalue weighted by atomic mass is 10.2. The van der Waals surface area contributed by atoms with Crippen molar-refractivity contribution in [3.63, 3.8) is 0 Å². The van der Waals surface area contributed by atoms with Crippen LogP contribution in [-0.2, 0) is 16.0 Å². The number of anilines is 1. The van der Waals surface area contributed by atoms with Gasteiger partial charge >= 0.3 is 0 Å². The summed E-state index contributed by atoms with van der Waals surface area (Å²) in [5.74, 6) is 0. The van der Waals surface area contributed by atoms with Crippen molar-refractivity contribution in [3.05, 3.63) is 28.8 Å². The first-order valence-corrected chi connectivity index (χ1v) is 6.29. The molecule has 5 heteroatoms. The molecule has 0 saturated heterocycles. The fourth-order valence-corrected chi connectivity index (χ4v) is 1.78. The number of methoxy groups -OCH3 is 2. The molecule has 0 amide bonds. The van der Waals surface area contributed by atoms with Gasteiger partial charge < -0.3 is 15.2 Å². The molecule has 0 atom stereocenters. The quantitative estimate of drug-likeness (QED) is 0.736. The molecule has 102 valence electrons. The van der Waals surface area contributed by atoms with E-state index in [0.29, 0.717) is 23.9 Å². The van der Waals surface area contributed by atoms with Crippen LogP contribution in [-0.4, -0.2) is 45.4 Å². The Labute approximate surface area is 114 Å². The van der Waals surface area contributed by atoms with Gasteiger partial charge in [0.1, 0.15) is 0 Å². The van der Waals surface area contributed by atoms with Crippen molar-refractivity contribution in [1.29, 1.82) is 0 Å². The molecular formula is C13H21ClN2O2. The molecular weight excluding hydrogens is 252 g/mol. The summed E-state index contributed by atoms with van der Waals surface area (Å²) in [4.78, 5) is 2.26. The molecule has 0 bridgehead atoms. The Morgan fingerprint density at radius 2 is 1.78 bits per heavy atom. The first kappa shape index (κ1) is 15.2. The van der Waals surface area contributed by atoms with Crippen molar-refractivity contribution < 1.29 is 9.47 Å². The summed E-state index contributed by atoms with van der Waals surface area (Å²) >= 11 is 5.91. The number of nitrogens with two attached hydrogens (primary N) is 1. The largest absolute Gasteiger partial charge is 0.398 e. The number of nitrogen functional groups attached to an aromatic ring is 1. The zero-order valence-electron chi connectivity index (χ0n) is 11.0. The van der Waals surface area contributed by atoms with E-state index in [2.05, 4.69) is 4.90 Å². The summed E-state index contributed by atoms with van der Waals surface area (Å²) in [6.07, 6.45) is 0. The zero-order valence-corrected chi connectivity index (χ0v) is 11.7. The minimum Gasteiger partial charge on any atom is -0.398 e. The molecule has 0 aliphatic rings. The fourth-order valence-electron chi connectivity index (χ4n) is 1.66. The smallest absolute Gasteiger partial charge is 0.0635 e. The van der Waals surface area contributed by atoms with E-state index < -0.39 is 0 Å². The molecule has 1 aromatic carbocycles. The van der Waals surface area contributed by atoms with Crippen LogP contribution < -0.4 is 5.73 Å². The third-order valence-electron chi connectivity index (χ3n) is 2.69. The van der Waals surface area contributed by atoms with Gasteiger partial charge in [0.05, 0.1) is 23.9 Å². The fraction of sp³-hybridized carbons (Fsp3) is 0.538. The monoisotopic (exact) mass is 272 g/mol. The molecule has 0 spiro atoms. The van der Waals surface area contributed by atoms with Crippen LogP contribution in [0.4, 0.5) is 5.69 Å². The number of hydrogen-bond acceptors (Lipinski definition) is 4. The third-order valence-corrected chi connectivity index (χ3v) is 3.03. The van der Waals surface area contributed by atoms with Crippen molar-refractivity contribution >= 4 is 17.3 Å². The van der Waals surface area contributed by atoms with E-state index in [0.717, 1.165) is 25.2 Å². The van der Waals surface area contributed by atoms with Gasteiger partial charge in [0, 0.05) is 33.9 Å². The number of halogens is 1. The highest BCUT2D eigenvalue weighted by Gasteiger charge is 2.07. The van der Waals surface area contributed by atoms with Crippen LogP contribution in [0.2, 0.25) is 5.02 Å². The highest BCUT2D eigenvalue weighted by Crippen LogP contribution is 2.20. The Kier molecular flexibility index (Phi) is 7.05. The number of hydrogen-bond donors (Lipinski definition) is 1. The highest BCUT2D eigenvalue weighted by molar-refractivity contribution is 6.33. The van der Waals surface area contributed by atoms with Crippen molar-refractivity contribution in [1.82, 2.24) is 4.90 Å². The van der Waals surface area contributed by atoms with Gasteiger partial charge in [0.15, 0.2) is 0 Å². The van der Waals surface area contributed by atoms with E-state index in [1.165, 1.54) is 0 Å². The molecule has 0 radical (unpaired) electrons. The van der Waals surface area contributed by atoms with E-state index in [-0.39, 0.29) is 0 Å². The Morgan fingerprint density at radius 1 is 1.17 bits per heavy atom. The van der Waals surface area contributed by atoms with E-state index >= 15 is 0 Å². The van der Waals surface area contributed by atoms with Crippen LogP contribution in [0, 0.1) is 0 Å². The molecule has 0 heterocycles. The summed E-state index contributed by atoms with van der Waals surface area (Å²) < 4.78 is 10.2. The molecule has 0 saturated carbocycles.